The lowest BCUT2D eigenvalue weighted by molar-refractivity contribution is 0.342. The number of anilines is 2. The molecular formula is C14H17N3O. The van der Waals surface area contributed by atoms with E-state index < -0.39 is 0 Å². The van der Waals surface area contributed by atoms with Crippen LogP contribution in [0.3, 0.4) is 0 Å². The molecule has 1 heterocycles. The van der Waals surface area contributed by atoms with Crippen molar-refractivity contribution in [1.82, 2.24) is 9.97 Å². The Morgan fingerprint density at radius 1 is 1.11 bits per heavy atom. The lowest BCUT2D eigenvalue weighted by atomic mass is 10.3. The van der Waals surface area contributed by atoms with Crippen molar-refractivity contribution in [3.05, 3.63) is 41.7 Å². The fraction of sp³-hybridized carbons (Fsp3) is 0.286. The Bertz CT molecular complexity index is 520. The number of rotatable bonds is 4. The summed E-state index contributed by atoms with van der Waals surface area (Å²) in [5, 5.41) is 3.19. The van der Waals surface area contributed by atoms with Crippen LogP contribution in [0.15, 0.2) is 30.3 Å². The summed E-state index contributed by atoms with van der Waals surface area (Å²) >= 11 is 0. The van der Waals surface area contributed by atoms with Gasteiger partial charge in [-0.15, -0.1) is 0 Å². The Hall–Kier alpha value is -2.10. The molecule has 94 valence electrons. The number of ether oxygens (including phenoxy) is 1. The summed E-state index contributed by atoms with van der Waals surface area (Å²) in [4.78, 5) is 8.71. The molecule has 0 atom stereocenters. The maximum absolute atomic E-state index is 5.55. The van der Waals surface area contributed by atoms with Gasteiger partial charge in [0.25, 0.3) is 0 Å². The van der Waals surface area contributed by atoms with E-state index in [1.165, 1.54) is 0 Å². The van der Waals surface area contributed by atoms with Gasteiger partial charge in [-0.3, -0.25) is 0 Å². The van der Waals surface area contributed by atoms with Crippen LogP contribution in [-0.2, 0) is 0 Å². The molecule has 0 spiro atoms. The minimum Gasteiger partial charge on any atom is -0.492 e. The molecule has 0 aliphatic carbocycles. The molecule has 0 aliphatic heterocycles. The first-order valence-electron chi connectivity index (χ1n) is 6.00. The van der Waals surface area contributed by atoms with Gasteiger partial charge < -0.3 is 10.1 Å². The normalized spacial score (nSPS) is 10.2. The summed E-state index contributed by atoms with van der Waals surface area (Å²) in [6, 6.07) is 9.71. The Morgan fingerprint density at radius 2 is 1.78 bits per heavy atom. The van der Waals surface area contributed by atoms with Crippen LogP contribution >= 0.6 is 0 Å². The number of hydrogen-bond acceptors (Lipinski definition) is 4. The van der Waals surface area contributed by atoms with Crippen LogP contribution in [0, 0.1) is 13.8 Å². The van der Waals surface area contributed by atoms with Crippen molar-refractivity contribution in [2.24, 2.45) is 0 Å². The lowest BCUT2D eigenvalue weighted by Gasteiger charge is -2.11. The van der Waals surface area contributed by atoms with Crippen LogP contribution in [0.4, 0.5) is 11.6 Å². The second-order valence-electron chi connectivity index (χ2n) is 4.03. The number of para-hydroxylation sites is 2. The molecule has 1 aromatic carbocycles. The Morgan fingerprint density at radius 3 is 2.44 bits per heavy atom. The van der Waals surface area contributed by atoms with E-state index in [4.69, 9.17) is 4.74 Å². The number of benzene rings is 1. The second kappa shape index (κ2) is 5.49. The van der Waals surface area contributed by atoms with Crippen LogP contribution < -0.4 is 10.1 Å². The van der Waals surface area contributed by atoms with Crippen LogP contribution in [-0.4, -0.2) is 16.6 Å². The number of aromatic nitrogens is 2. The maximum atomic E-state index is 5.55. The van der Waals surface area contributed by atoms with Crippen LogP contribution in [0.1, 0.15) is 18.3 Å². The third-order valence-corrected chi connectivity index (χ3v) is 2.42. The van der Waals surface area contributed by atoms with Crippen molar-refractivity contribution in [2.45, 2.75) is 20.8 Å². The summed E-state index contributed by atoms with van der Waals surface area (Å²) in [6.07, 6.45) is 0. The summed E-state index contributed by atoms with van der Waals surface area (Å²) < 4.78 is 5.55. The highest BCUT2D eigenvalue weighted by atomic mass is 16.5. The van der Waals surface area contributed by atoms with Gasteiger partial charge >= 0.3 is 0 Å². The van der Waals surface area contributed by atoms with Gasteiger partial charge in [0.05, 0.1) is 12.3 Å². The van der Waals surface area contributed by atoms with Crippen molar-refractivity contribution in [2.75, 3.05) is 11.9 Å². The molecule has 4 nitrogen and oxygen atoms in total. The minimum absolute atomic E-state index is 0.597. The van der Waals surface area contributed by atoms with Crippen LogP contribution in [0.5, 0.6) is 5.75 Å². The molecular weight excluding hydrogens is 226 g/mol. The third kappa shape index (κ3) is 2.97. The van der Waals surface area contributed by atoms with Crippen molar-refractivity contribution in [3.63, 3.8) is 0 Å². The Balaban J connectivity index is 2.27. The van der Waals surface area contributed by atoms with Crippen molar-refractivity contribution >= 4 is 11.6 Å². The molecule has 1 N–H and O–H groups in total. The smallest absolute Gasteiger partial charge is 0.227 e. The fourth-order valence-electron chi connectivity index (χ4n) is 1.75. The van der Waals surface area contributed by atoms with E-state index >= 15 is 0 Å². The molecule has 0 fully saturated rings. The van der Waals surface area contributed by atoms with E-state index in [0.29, 0.717) is 12.6 Å². The quantitative estimate of drug-likeness (QED) is 0.895. The van der Waals surface area contributed by atoms with Gasteiger partial charge in [-0.25, -0.2) is 9.97 Å². The molecule has 0 radical (unpaired) electrons. The number of hydrogen-bond donors (Lipinski definition) is 1. The van der Waals surface area contributed by atoms with E-state index in [-0.39, 0.29) is 0 Å². The fourth-order valence-corrected chi connectivity index (χ4v) is 1.75. The minimum atomic E-state index is 0.597. The molecule has 1 aromatic heterocycles. The van der Waals surface area contributed by atoms with Crippen LogP contribution in [0.25, 0.3) is 0 Å². The Kier molecular flexibility index (Phi) is 3.77. The van der Waals surface area contributed by atoms with Gasteiger partial charge in [0.1, 0.15) is 5.75 Å². The lowest BCUT2D eigenvalue weighted by Crippen LogP contribution is -2.02. The zero-order valence-corrected chi connectivity index (χ0v) is 10.9. The number of nitrogens with one attached hydrogen (secondary N) is 1. The highest BCUT2D eigenvalue weighted by Crippen LogP contribution is 2.26. The predicted molar refractivity (Wildman–Crippen MR) is 72.4 cm³/mol. The molecule has 2 aromatic rings. The molecule has 18 heavy (non-hydrogen) atoms. The van der Waals surface area contributed by atoms with E-state index in [0.717, 1.165) is 22.8 Å². The van der Waals surface area contributed by atoms with Gasteiger partial charge in [-0.05, 0) is 39.0 Å². The third-order valence-electron chi connectivity index (χ3n) is 2.42. The van der Waals surface area contributed by atoms with E-state index in [1.54, 1.807) is 0 Å². The highest BCUT2D eigenvalue weighted by Gasteiger charge is 2.05. The highest BCUT2D eigenvalue weighted by molar-refractivity contribution is 5.62. The van der Waals surface area contributed by atoms with E-state index in [9.17, 15) is 0 Å². The van der Waals surface area contributed by atoms with Gasteiger partial charge in [-0.1, -0.05) is 12.1 Å². The first-order chi connectivity index (χ1) is 8.69. The SMILES string of the molecule is CCOc1ccccc1Nc1nc(C)cc(C)n1. The molecule has 0 unspecified atom stereocenters. The molecule has 0 saturated carbocycles. The summed E-state index contributed by atoms with van der Waals surface area (Å²) in [5.74, 6) is 1.41. The summed E-state index contributed by atoms with van der Waals surface area (Å²) in [5.41, 5.74) is 2.77. The van der Waals surface area contributed by atoms with Crippen molar-refractivity contribution in [3.8, 4) is 5.75 Å². The van der Waals surface area contributed by atoms with Gasteiger partial charge in [0, 0.05) is 11.4 Å². The van der Waals surface area contributed by atoms with Gasteiger partial charge in [0.2, 0.25) is 5.95 Å². The average Bonchev–Trinajstić information content (AvgIpc) is 2.30. The standard InChI is InChI=1S/C14H17N3O/c1-4-18-13-8-6-5-7-12(13)17-14-15-10(2)9-11(3)16-14/h5-9H,4H2,1-3H3,(H,15,16,17). The van der Waals surface area contributed by atoms with E-state index in [2.05, 4.69) is 15.3 Å². The van der Waals surface area contributed by atoms with Crippen molar-refractivity contribution in [1.29, 1.82) is 0 Å². The number of aryl methyl sites for hydroxylation is 2. The summed E-state index contributed by atoms with van der Waals surface area (Å²) in [7, 11) is 0. The maximum Gasteiger partial charge on any atom is 0.227 e. The first kappa shape index (κ1) is 12.4. The zero-order chi connectivity index (χ0) is 13.0. The largest absolute Gasteiger partial charge is 0.492 e. The molecule has 4 heteroatoms. The van der Waals surface area contributed by atoms with Crippen LogP contribution in [0.2, 0.25) is 0 Å². The van der Waals surface area contributed by atoms with Crippen molar-refractivity contribution < 1.29 is 4.74 Å². The number of nitrogens with zero attached hydrogens (tertiary/aromatic N) is 2. The zero-order valence-electron chi connectivity index (χ0n) is 10.9. The molecule has 0 amide bonds. The second-order valence-corrected chi connectivity index (χ2v) is 4.03. The molecule has 0 aliphatic rings. The van der Waals surface area contributed by atoms with E-state index in [1.807, 2.05) is 51.1 Å². The van der Waals surface area contributed by atoms with Gasteiger partial charge in [-0.2, -0.15) is 0 Å². The van der Waals surface area contributed by atoms with Gasteiger partial charge in [0.15, 0.2) is 0 Å². The summed E-state index contributed by atoms with van der Waals surface area (Å²) in [6.45, 7) is 6.50. The first-order valence-corrected chi connectivity index (χ1v) is 6.00. The monoisotopic (exact) mass is 243 g/mol. The Labute approximate surface area is 107 Å². The predicted octanol–water partition coefficient (Wildman–Crippen LogP) is 3.24. The molecule has 0 bridgehead atoms. The topological polar surface area (TPSA) is 47.0 Å². The molecule has 0 saturated heterocycles. The molecule has 2 rings (SSSR count). The average molecular weight is 243 g/mol.